The maximum absolute atomic E-state index is 13.6. The molecule has 0 unspecified atom stereocenters. The summed E-state index contributed by atoms with van der Waals surface area (Å²) in [7, 11) is 0. The fourth-order valence-electron chi connectivity index (χ4n) is 4.54. The molecule has 0 spiro atoms. The third-order valence-corrected chi connectivity index (χ3v) is 6.50. The lowest BCUT2D eigenvalue weighted by atomic mass is 9.98. The largest absolute Gasteiger partial charge is 0.484 e. The Balaban J connectivity index is 1.54. The molecule has 2 amide bonds. The van der Waals surface area contributed by atoms with E-state index in [0.717, 1.165) is 18.7 Å². The van der Waals surface area contributed by atoms with E-state index in [2.05, 4.69) is 4.90 Å². The van der Waals surface area contributed by atoms with Crippen molar-refractivity contribution in [3.63, 3.8) is 0 Å². The number of nitrogens with two attached hydrogens (primary N) is 1. The van der Waals surface area contributed by atoms with E-state index in [1.807, 2.05) is 0 Å². The van der Waals surface area contributed by atoms with Crippen molar-refractivity contribution in [3.8, 4) is 5.75 Å². The summed E-state index contributed by atoms with van der Waals surface area (Å²) in [6, 6.07) is 11.0. The van der Waals surface area contributed by atoms with Crippen molar-refractivity contribution in [1.29, 1.82) is 0 Å². The number of ether oxygens (including phenoxy) is 2. The van der Waals surface area contributed by atoms with E-state index in [4.69, 9.17) is 31.2 Å². The van der Waals surface area contributed by atoms with Gasteiger partial charge in [0.2, 0.25) is 5.76 Å². The number of morpholine rings is 1. The van der Waals surface area contributed by atoms with Crippen molar-refractivity contribution in [2.75, 3.05) is 46.0 Å². The van der Waals surface area contributed by atoms with Gasteiger partial charge in [0.15, 0.2) is 12.0 Å². The maximum atomic E-state index is 13.6. The summed E-state index contributed by atoms with van der Waals surface area (Å²) in [6.07, 6.45) is 0. The zero-order valence-corrected chi connectivity index (χ0v) is 19.6. The summed E-state index contributed by atoms with van der Waals surface area (Å²) in [5.41, 5.74) is 6.19. The van der Waals surface area contributed by atoms with Gasteiger partial charge in [0, 0.05) is 31.2 Å². The molecule has 2 N–H and O–H groups in total. The molecule has 0 saturated carbocycles. The summed E-state index contributed by atoms with van der Waals surface area (Å²) in [6.45, 7) is 3.67. The zero-order valence-electron chi connectivity index (χ0n) is 18.9. The van der Waals surface area contributed by atoms with E-state index in [0.29, 0.717) is 48.0 Å². The average Bonchev–Trinajstić information content (AvgIpc) is 3.14. The molecule has 1 atom stereocenters. The molecule has 1 saturated heterocycles. The zero-order chi connectivity index (χ0) is 24.5. The molecule has 0 radical (unpaired) electrons. The Morgan fingerprint density at radius 3 is 2.54 bits per heavy atom. The van der Waals surface area contributed by atoms with Crippen LogP contribution in [0.1, 0.15) is 27.7 Å². The molecule has 5 rings (SSSR count). The first-order chi connectivity index (χ1) is 16.9. The lowest BCUT2D eigenvalue weighted by molar-refractivity contribution is -0.119. The lowest BCUT2D eigenvalue weighted by Crippen LogP contribution is -2.42. The molecular weight excluding hydrogens is 474 g/mol. The first kappa shape index (κ1) is 23.3. The summed E-state index contributed by atoms with van der Waals surface area (Å²) in [5, 5.41) is 0.733. The van der Waals surface area contributed by atoms with Crippen molar-refractivity contribution in [2.45, 2.75) is 6.04 Å². The third kappa shape index (κ3) is 4.62. The number of primary amides is 1. The lowest BCUT2D eigenvalue weighted by Gasteiger charge is -2.31. The molecule has 10 heteroatoms. The van der Waals surface area contributed by atoms with E-state index in [-0.39, 0.29) is 29.3 Å². The second-order valence-corrected chi connectivity index (χ2v) is 8.93. The normalized spacial score (nSPS) is 18.1. The number of benzene rings is 2. The van der Waals surface area contributed by atoms with Crippen LogP contribution in [0.2, 0.25) is 5.02 Å². The molecule has 35 heavy (non-hydrogen) atoms. The first-order valence-electron chi connectivity index (χ1n) is 11.3. The smallest absolute Gasteiger partial charge is 0.290 e. The summed E-state index contributed by atoms with van der Waals surface area (Å²) >= 11 is 6.14. The van der Waals surface area contributed by atoms with Crippen LogP contribution in [0, 0.1) is 0 Å². The van der Waals surface area contributed by atoms with E-state index >= 15 is 0 Å². The Kier molecular flexibility index (Phi) is 6.46. The quantitative estimate of drug-likeness (QED) is 0.532. The van der Waals surface area contributed by atoms with Crippen molar-refractivity contribution in [2.24, 2.45) is 5.73 Å². The number of amides is 2. The molecule has 1 aromatic heterocycles. The number of carbonyl (C=O) groups excluding carboxylic acids is 2. The van der Waals surface area contributed by atoms with E-state index in [1.54, 1.807) is 47.4 Å². The molecule has 2 aliphatic heterocycles. The Hall–Kier alpha value is -3.40. The van der Waals surface area contributed by atoms with Crippen LogP contribution in [-0.4, -0.2) is 67.6 Å². The van der Waals surface area contributed by atoms with Crippen LogP contribution < -0.4 is 15.9 Å². The van der Waals surface area contributed by atoms with Gasteiger partial charge < -0.3 is 24.5 Å². The number of hydrogen-bond donors (Lipinski definition) is 1. The van der Waals surface area contributed by atoms with Gasteiger partial charge in [0.05, 0.1) is 30.2 Å². The molecule has 2 aromatic carbocycles. The highest BCUT2D eigenvalue weighted by Crippen LogP contribution is 2.38. The minimum absolute atomic E-state index is 0.0471. The standard InChI is InChI=1S/C25H24ClN3O6/c26-16-3-6-19-18(13-16)23(31)21-22(15-1-4-17(5-2-15)34-14-20(27)30)29(25(32)24(21)35-19)8-7-28-9-11-33-12-10-28/h1-6,13,22H,7-12,14H2,(H2,27,30)/t22-/m0/s1. The van der Waals surface area contributed by atoms with Crippen molar-refractivity contribution < 1.29 is 23.5 Å². The minimum Gasteiger partial charge on any atom is -0.484 e. The van der Waals surface area contributed by atoms with Crippen LogP contribution in [0.25, 0.3) is 11.0 Å². The number of rotatable bonds is 7. The average molecular weight is 498 g/mol. The summed E-state index contributed by atoms with van der Waals surface area (Å²) in [5.74, 6) is -0.414. The summed E-state index contributed by atoms with van der Waals surface area (Å²) in [4.78, 5) is 42.0. The number of halogens is 1. The molecule has 3 heterocycles. The molecule has 0 bridgehead atoms. The topological polar surface area (TPSA) is 115 Å². The molecule has 182 valence electrons. The van der Waals surface area contributed by atoms with Gasteiger partial charge in [-0.2, -0.15) is 0 Å². The van der Waals surface area contributed by atoms with Gasteiger partial charge in [-0.05, 0) is 35.9 Å². The van der Waals surface area contributed by atoms with Gasteiger partial charge >= 0.3 is 0 Å². The molecule has 2 aliphatic rings. The Morgan fingerprint density at radius 1 is 1.09 bits per heavy atom. The fourth-order valence-corrected chi connectivity index (χ4v) is 4.72. The number of fused-ring (bicyclic) bond motifs is 2. The monoisotopic (exact) mass is 497 g/mol. The fraction of sp³-hybridized carbons (Fsp3) is 0.320. The predicted molar refractivity (Wildman–Crippen MR) is 129 cm³/mol. The highest BCUT2D eigenvalue weighted by molar-refractivity contribution is 6.31. The molecule has 0 aliphatic carbocycles. The van der Waals surface area contributed by atoms with E-state index < -0.39 is 11.9 Å². The van der Waals surface area contributed by atoms with Gasteiger partial charge in [-0.15, -0.1) is 0 Å². The number of carbonyl (C=O) groups is 2. The Morgan fingerprint density at radius 2 is 1.83 bits per heavy atom. The van der Waals surface area contributed by atoms with E-state index in [9.17, 15) is 14.4 Å². The third-order valence-electron chi connectivity index (χ3n) is 6.27. The van der Waals surface area contributed by atoms with Gasteiger partial charge in [0.1, 0.15) is 11.3 Å². The van der Waals surface area contributed by atoms with Crippen LogP contribution >= 0.6 is 11.6 Å². The second-order valence-electron chi connectivity index (χ2n) is 8.49. The minimum atomic E-state index is -0.636. The molecular formula is C25H24ClN3O6. The van der Waals surface area contributed by atoms with Gasteiger partial charge in [-0.1, -0.05) is 23.7 Å². The summed E-state index contributed by atoms with van der Waals surface area (Å²) < 4.78 is 16.7. The van der Waals surface area contributed by atoms with Crippen LogP contribution in [0.15, 0.2) is 51.7 Å². The van der Waals surface area contributed by atoms with E-state index in [1.165, 1.54) is 0 Å². The number of hydrogen-bond acceptors (Lipinski definition) is 7. The van der Waals surface area contributed by atoms with Crippen molar-refractivity contribution in [3.05, 3.63) is 74.6 Å². The van der Waals surface area contributed by atoms with Crippen LogP contribution in [0.4, 0.5) is 0 Å². The number of nitrogens with zero attached hydrogens (tertiary/aromatic N) is 2. The van der Waals surface area contributed by atoms with Gasteiger partial charge in [-0.25, -0.2) is 0 Å². The van der Waals surface area contributed by atoms with Crippen LogP contribution in [-0.2, 0) is 9.53 Å². The van der Waals surface area contributed by atoms with Crippen LogP contribution in [0.3, 0.4) is 0 Å². The SMILES string of the molecule is NC(=O)COc1ccc([C@H]2c3c(oc4ccc(Cl)cc4c3=O)C(=O)N2CCN2CCOCC2)cc1. The van der Waals surface area contributed by atoms with Gasteiger partial charge in [0.25, 0.3) is 11.8 Å². The maximum Gasteiger partial charge on any atom is 0.290 e. The molecule has 1 fully saturated rings. The Labute approximate surface area is 205 Å². The van der Waals surface area contributed by atoms with Crippen LogP contribution in [0.5, 0.6) is 5.75 Å². The van der Waals surface area contributed by atoms with Crippen molar-refractivity contribution in [1.82, 2.24) is 9.80 Å². The van der Waals surface area contributed by atoms with Crippen molar-refractivity contribution >= 4 is 34.4 Å². The second kappa shape index (κ2) is 9.69. The first-order valence-corrected chi connectivity index (χ1v) is 11.7. The highest BCUT2D eigenvalue weighted by atomic mass is 35.5. The predicted octanol–water partition coefficient (Wildman–Crippen LogP) is 2.19. The Bertz CT molecular complexity index is 1330. The molecule has 3 aromatic rings. The molecule has 9 nitrogen and oxygen atoms in total. The van der Waals surface area contributed by atoms with Gasteiger partial charge in [-0.3, -0.25) is 19.3 Å². The highest BCUT2D eigenvalue weighted by Gasteiger charge is 2.42.